The molecule has 0 unspecified atom stereocenters. The normalized spacial score (nSPS) is 14.1. The first kappa shape index (κ1) is 6.92. The Balaban J connectivity index is 2.83. The number of hydrogen-bond acceptors (Lipinski definition) is 2. The summed E-state index contributed by atoms with van der Waals surface area (Å²) in [4.78, 5) is 0. The maximum atomic E-state index is 8.70. The summed E-state index contributed by atoms with van der Waals surface area (Å²) in [5.41, 5.74) is 0. The number of aliphatic hydroxyl groups is 2. The molecule has 0 saturated heterocycles. The van der Waals surface area contributed by atoms with Gasteiger partial charge in [0.2, 0.25) is 0 Å². The molecule has 0 saturated carbocycles. The molecule has 0 rings (SSSR count). The minimum absolute atomic E-state index is 0.0923. The fraction of sp³-hybridized carbons (Fsp3) is 1.00. The van der Waals surface area contributed by atoms with Crippen LogP contribution in [0, 0.1) is 0 Å². The summed E-state index contributed by atoms with van der Waals surface area (Å²) in [6.07, 6.45) is 0.946. The van der Waals surface area contributed by atoms with E-state index in [1.807, 2.05) is 6.92 Å². The van der Waals surface area contributed by atoms with E-state index in [9.17, 15) is 0 Å². The number of aliphatic hydroxyl groups excluding tert-OH is 2. The van der Waals surface area contributed by atoms with Crippen LogP contribution in [0.25, 0.3) is 0 Å². The average molecular weight is 104 g/mol. The van der Waals surface area contributed by atoms with E-state index in [4.69, 9.17) is 10.2 Å². The number of hydrogen-bond donors (Lipinski definition) is 2. The zero-order valence-corrected chi connectivity index (χ0v) is 4.59. The van der Waals surface area contributed by atoms with Gasteiger partial charge in [0.25, 0.3) is 0 Å². The van der Waals surface area contributed by atoms with Crippen molar-refractivity contribution in [3.8, 4) is 0 Å². The third-order valence-corrected chi connectivity index (χ3v) is 0.934. The van der Waals surface area contributed by atoms with Crippen LogP contribution in [0.2, 0.25) is 0 Å². The SMILES string of the molecule is CC[C@H](O)CCO. The Bertz CT molecular complexity index is 37.1. The minimum atomic E-state index is -0.301. The van der Waals surface area contributed by atoms with Gasteiger partial charge in [-0.3, -0.25) is 0 Å². The summed E-state index contributed by atoms with van der Waals surface area (Å²) >= 11 is 0. The van der Waals surface area contributed by atoms with Gasteiger partial charge >= 0.3 is 0 Å². The standard InChI is InChI=1S/C5H12O2/c1-2-5(7)3-4-6/h5-7H,2-4H2,1H3/t5-/m0/s1. The molecule has 0 aromatic heterocycles. The maximum absolute atomic E-state index is 8.70. The summed E-state index contributed by atoms with van der Waals surface area (Å²) in [5, 5.41) is 16.9. The Morgan fingerprint density at radius 3 is 2.29 bits per heavy atom. The smallest absolute Gasteiger partial charge is 0.0559 e. The van der Waals surface area contributed by atoms with Crippen molar-refractivity contribution in [3.05, 3.63) is 0 Å². The van der Waals surface area contributed by atoms with Crippen molar-refractivity contribution in [1.29, 1.82) is 0 Å². The molecular formula is C5H12O2. The van der Waals surface area contributed by atoms with Crippen LogP contribution >= 0.6 is 0 Å². The average Bonchev–Trinajstić information content (AvgIpc) is 1.68. The zero-order valence-electron chi connectivity index (χ0n) is 4.59. The van der Waals surface area contributed by atoms with E-state index < -0.39 is 0 Å². The monoisotopic (exact) mass is 104 g/mol. The highest BCUT2D eigenvalue weighted by Gasteiger charge is 1.95. The van der Waals surface area contributed by atoms with E-state index in [1.54, 1.807) is 0 Å². The van der Waals surface area contributed by atoms with Crippen molar-refractivity contribution in [3.63, 3.8) is 0 Å². The fourth-order valence-corrected chi connectivity index (χ4v) is 0.353. The molecule has 0 aliphatic rings. The highest BCUT2D eigenvalue weighted by Crippen LogP contribution is 1.92. The molecule has 0 radical (unpaired) electrons. The molecule has 0 heterocycles. The quantitative estimate of drug-likeness (QED) is 0.534. The van der Waals surface area contributed by atoms with Crippen LogP contribution in [0.3, 0.4) is 0 Å². The molecule has 7 heavy (non-hydrogen) atoms. The Labute approximate surface area is 43.8 Å². The number of rotatable bonds is 3. The second kappa shape index (κ2) is 4.09. The predicted octanol–water partition coefficient (Wildman–Crippen LogP) is 0.140. The van der Waals surface area contributed by atoms with Crippen molar-refractivity contribution in [1.82, 2.24) is 0 Å². The molecular weight excluding hydrogens is 92.1 g/mol. The first-order valence-corrected chi connectivity index (χ1v) is 2.60. The molecule has 0 aromatic carbocycles. The Morgan fingerprint density at radius 2 is 2.14 bits per heavy atom. The van der Waals surface area contributed by atoms with Crippen LogP contribution in [0.4, 0.5) is 0 Å². The molecule has 1 atom stereocenters. The molecule has 0 fully saturated rings. The van der Waals surface area contributed by atoms with Gasteiger partial charge in [-0.15, -0.1) is 0 Å². The van der Waals surface area contributed by atoms with Crippen LogP contribution < -0.4 is 0 Å². The molecule has 44 valence electrons. The molecule has 0 spiro atoms. The van der Waals surface area contributed by atoms with Crippen LogP contribution in [0.1, 0.15) is 19.8 Å². The van der Waals surface area contributed by atoms with E-state index in [1.165, 1.54) is 0 Å². The Morgan fingerprint density at radius 1 is 1.57 bits per heavy atom. The van der Waals surface area contributed by atoms with Gasteiger partial charge in [0, 0.05) is 6.61 Å². The Kier molecular flexibility index (Phi) is 4.04. The molecule has 2 heteroatoms. The van der Waals surface area contributed by atoms with Crippen molar-refractivity contribution < 1.29 is 10.2 Å². The highest BCUT2D eigenvalue weighted by molar-refractivity contribution is 4.47. The van der Waals surface area contributed by atoms with E-state index in [0.717, 1.165) is 6.42 Å². The summed E-state index contributed by atoms with van der Waals surface area (Å²) in [5.74, 6) is 0. The lowest BCUT2D eigenvalue weighted by Crippen LogP contribution is -2.05. The topological polar surface area (TPSA) is 40.5 Å². The van der Waals surface area contributed by atoms with E-state index in [2.05, 4.69) is 0 Å². The van der Waals surface area contributed by atoms with Crippen molar-refractivity contribution in [2.45, 2.75) is 25.9 Å². The van der Waals surface area contributed by atoms with Crippen molar-refractivity contribution >= 4 is 0 Å². The van der Waals surface area contributed by atoms with Gasteiger partial charge in [0.15, 0.2) is 0 Å². The molecule has 0 bridgehead atoms. The van der Waals surface area contributed by atoms with Crippen molar-refractivity contribution in [2.24, 2.45) is 0 Å². The van der Waals surface area contributed by atoms with Crippen LogP contribution in [-0.2, 0) is 0 Å². The molecule has 0 aromatic rings. The fourth-order valence-electron chi connectivity index (χ4n) is 0.353. The molecule has 2 N–H and O–H groups in total. The van der Waals surface area contributed by atoms with Gasteiger partial charge in [-0.25, -0.2) is 0 Å². The lowest BCUT2D eigenvalue weighted by atomic mass is 10.2. The summed E-state index contributed by atoms with van der Waals surface area (Å²) < 4.78 is 0. The molecule has 2 nitrogen and oxygen atoms in total. The highest BCUT2D eigenvalue weighted by atomic mass is 16.3. The summed E-state index contributed by atoms with van der Waals surface area (Å²) in [6, 6.07) is 0. The lowest BCUT2D eigenvalue weighted by Gasteiger charge is -2.01. The van der Waals surface area contributed by atoms with Gasteiger partial charge in [-0.1, -0.05) is 6.92 Å². The predicted molar refractivity (Wildman–Crippen MR) is 28.0 cm³/mol. The third kappa shape index (κ3) is 3.76. The molecule has 0 aliphatic heterocycles. The molecule has 0 aliphatic carbocycles. The first-order valence-electron chi connectivity index (χ1n) is 2.60. The van der Waals surface area contributed by atoms with Gasteiger partial charge < -0.3 is 10.2 Å². The van der Waals surface area contributed by atoms with E-state index in [-0.39, 0.29) is 12.7 Å². The minimum Gasteiger partial charge on any atom is -0.396 e. The van der Waals surface area contributed by atoms with Gasteiger partial charge in [0.1, 0.15) is 0 Å². The summed E-state index contributed by atoms with van der Waals surface area (Å²) in [6.45, 7) is 1.98. The molecule has 0 amide bonds. The third-order valence-electron chi connectivity index (χ3n) is 0.934. The lowest BCUT2D eigenvalue weighted by molar-refractivity contribution is 0.129. The van der Waals surface area contributed by atoms with E-state index in [0.29, 0.717) is 6.42 Å². The van der Waals surface area contributed by atoms with Crippen molar-refractivity contribution in [2.75, 3.05) is 6.61 Å². The van der Waals surface area contributed by atoms with Gasteiger partial charge in [-0.05, 0) is 12.8 Å². The van der Waals surface area contributed by atoms with Crippen LogP contribution in [0.5, 0.6) is 0 Å². The van der Waals surface area contributed by atoms with Gasteiger partial charge in [0.05, 0.1) is 6.10 Å². The van der Waals surface area contributed by atoms with Crippen LogP contribution in [0.15, 0.2) is 0 Å². The second-order valence-corrected chi connectivity index (χ2v) is 1.57. The first-order chi connectivity index (χ1) is 3.31. The second-order valence-electron chi connectivity index (χ2n) is 1.57. The van der Waals surface area contributed by atoms with E-state index >= 15 is 0 Å². The van der Waals surface area contributed by atoms with Crippen LogP contribution in [-0.4, -0.2) is 22.9 Å². The maximum Gasteiger partial charge on any atom is 0.0559 e. The van der Waals surface area contributed by atoms with Gasteiger partial charge in [-0.2, -0.15) is 0 Å². The summed E-state index contributed by atoms with van der Waals surface area (Å²) in [7, 11) is 0. The Hall–Kier alpha value is -0.0800. The largest absolute Gasteiger partial charge is 0.396 e. The zero-order chi connectivity index (χ0) is 5.70.